The van der Waals surface area contributed by atoms with E-state index >= 15 is 0 Å². The lowest BCUT2D eigenvalue weighted by Crippen LogP contribution is -2.48. The number of ketones is 1. The first-order valence-corrected chi connectivity index (χ1v) is 13.5. The maximum Gasteiger partial charge on any atom is 0.312 e. The van der Waals surface area contributed by atoms with E-state index in [1.807, 2.05) is 34.6 Å². The maximum atomic E-state index is 13.9. The fourth-order valence-corrected chi connectivity index (χ4v) is 6.80. The first kappa shape index (κ1) is 26.2. The fraction of sp³-hybridized carbons (Fsp3) is 0.857. The number of esters is 2. The molecule has 35 heavy (non-hydrogen) atoms. The van der Waals surface area contributed by atoms with Gasteiger partial charge in [-0.05, 0) is 61.2 Å². The summed E-state index contributed by atoms with van der Waals surface area (Å²) in [6.07, 6.45) is 5.37. The van der Waals surface area contributed by atoms with Crippen molar-refractivity contribution in [1.29, 1.82) is 0 Å². The third-order valence-electron chi connectivity index (χ3n) is 9.18. The van der Waals surface area contributed by atoms with E-state index in [9.17, 15) is 19.2 Å². The zero-order chi connectivity index (χ0) is 25.7. The van der Waals surface area contributed by atoms with Crippen LogP contribution in [0.4, 0.5) is 0 Å². The van der Waals surface area contributed by atoms with Crippen LogP contribution < -0.4 is 0 Å². The Bertz CT molecular complexity index is 867. The van der Waals surface area contributed by atoms with Crippen molar-refractivity contribution in [3.05, 3.63) is 0 Å². The molecule has 1 saturated heterocycles. The lowest BCUT2D eigenvalue weighted by molar-refractivity contribution is -0.157. The third kappa shape index (κ3) is 5.29. The minimum absolute atomic E-state index is 0.0114. The summed E-state index contributed by atoms with van der Waals surface area (Å²) < 4.78 is 10.8. The summed E-state index contributed by atoms with van der Waals surface area (Å²) in [7, 11) is 1.37. The molecule has 0 N–H and O–H groups in total. The predicted octanol–water partition coefficient (Wildman–Crippen LogP) is 4.17. The Hall–Kier alpha value is -1.92. The average Bonchev–Trinajstić information content (AvgIpc) is 3.60. The minimum Gasteiger partial charge on any atom is -0.469 e. The molecule has 1 amide bonds. The molecule has 0 aromatic heterocycles. The zero-order valence-corrected chi connectivity index (χ0v) is 22.3. The number of rotatable bonds is 9. The number of carbonyl (C=O) groups excluding carboxylic acids is 4. The first-order chi connectivity index (χ1) is 16.4. The number of carbonyl (C=O) groups is 4. The van der Waals surface area contributed by atoms with Crippen LogP contribution in [-0.2, 0) is 28.7 Å². The van der Waals surface area contributed by atoms with Crippen LogP contribution in [0.1, 0.15) is 86.0 Å². The second kappa shape index (κ2) is 9.51. The molecule has 3 aliphatic carbocycles. The lowest BCUT2D eigenvalue weighted by Gasteiger charge is -2.35. The van der Waals surface area contributed by atoms with Crippen LogP contribution in [0.5, 0.6) is 0 Å². The van der Waals surface area contributed by atoms with Crippen LogP contribution in [0.2, 0.25) is 0 Å². The Morgan fingerprint density at radius 3 is 2.26 bits per heavy atom. The molecule has 4 fully saturated rings. The summed E-state index contributed by atoms with van der Waals surface area (Å²) in [6.45, 7) is 10.5. The highest BCUT2D eigenvalue weighted by atomic mass is 16.5. The molecular formula is C28H43NO6. The van der Waals surface area contributed by atoms with E-state index in [1.54, 1.807) is 4.90 Å². The predicted molar refractivity (Wildman–Crippen MR) is 130 cm³/mol. The van der Waals surface area contributed by atoms with Gasteiger partial charge in [-0.2, -0.15) is 0 Å². The van der Waals surface area contributed by atoms with E-state index in [4.69, 9.17) is 9.47 Å². The summed E-state index contributed by atoms with van der Waals surface area (Å²) in [6, 6.07) is -0.556. The molecule has 0 bridgehead atoms. The number of amides is 1. The highest BCUT2D eigenvalue weighted by molar-refractivity contribution is 5.95. The minimum atomic E-state index is -0.740. The van der Waals surface area contributed by atoms with E-state index in [0.29, 0.717) is 19.4 Å². The van der Waals surface area contributed by atoms with Crippen molar-refractivity contribution in [1.82, 2.24) is 4.90 Å². The number of hydrogen-bond acceptors (Lipinski definition) is 6. The quantitative estimate of drug-likeness (QED) is 0.452. The summed E-state index contributed by atoms with van der Waals surface area (Å²) in [4.78, 5) is 54.4. The van der Waals surface area contributed by atoms with Gasteiger partial charge in [0.2, 0.25) is 5.91 Å². The molecule has 0 spiro atoms. The monoisotopic (exact) mass is 489 g/mol. The van der Waals surface area contributed by atoms with Crippen molar-refractivity contribution >= 4 is 23.6 Å². The van der Waals surface area contributed by atoms with Crippen molar-refractivity contribution < 1.29 is 28.7 Å². The zero-order valence-electron chi connectivity index (χ0n) is 22.3. The molecule has 0 aromatic carbocycles. The Labute approximate surface area is 209 Å². The Morgan fingerprint density at radius 1 is 1.06 bits per heavy atom. The molecule has 196 valence electrons. The molecule has 1 heterocycles. The largest absolute Gasteiger partial charge is 0.469 e. The van der Waals surface area contributed by atoms with E-state index in [1.165, 1.54) is 13.5 Å². The van der Waals surface area contributed by atoms with Gasteiger partial charge in [-0.3, -0.25) is 19.2 Å². The number of methoxy groups -OCH3 is 1. The number of fused-ring (bicyclic) bond motifs is 1. The van der Waals surface area contributed by atoms with Crippen molar-refractivity contribution in [2.45, 2.75) is 98.1 Å². The van der Waals surface area contributed by atoms with Gasteiger partial charge in [-0.15, -0.1) is 0 Å². The van der Waals surface area contributed by atoms with E-state index in [0.717, 1.165) is 31.1 Å². The van der Waals surface area contributed by atoms with Crippen molar-refractivity contribution in [3.63, 3.8) is 0 Å². The molecule has 1 aliphatic heterocycles. The molecule has 4 aliphatic rings. The van der Waals surface area contributed by atoms with Gasteiger partial charge < -0.3 is 14.4 Å². The molecule has 4 rings (SSSR count). The van der Waals surface area contributed by atoms with Gasteiger partial charge >= 0.3 is 11.9 Å². The van der Waals surface area contributed by atoms with Gasteiger partial charge in [-0.25, -0.2) is 0 Å². The maximum absolute atomic E-state index is 13.9. The fourth-order valence-electron chi connectivity index (χ4n) is 6.80. The van der Waals surface area contributed by atoms with Crippen LogP contribution in [0.25, 0.3) is 0 Å². The number of nitrogens with zero attached hydrogens (tertiary/aromatic N) is 1. The Kier molecular flexibility index (Phi) is 7.11. The lowest BCUT2D eigenvalue weighted by atomic mass is 9.77. The summed E-state index contributed by atoms with van der Waals surface area (Å²) in [5.74, 6) is 0.364. The highest BCUT2D eigenvalue weighted by Gasteiger charge is 2.61. The standard InChI is InChI=1S/C28H43NO6/c1-7-19-13-28(19,26(33)34-6)14-23(30)22-8-16(2)15-29(22)25(32)21(27(3,4)5)12-24(31)35-20-10-17-9-18(17)11-20/h16-22H,7-15H2,1-6H3/t16-,17-,18+,19+,20?,21+,22-,28+/m0/s1. The summed E-state index contributed by atoms with van der Waals surface area (Å²) in [5.41, 5.74) is -1.19. The number of ether oxygens (including phenoxy) is 2. The topological polar surface area (TPSA) is 90.0 Å². The molecular weight excluding hydrogens is 446 g/mol. The molecule has 7 nitrogen and oxygen atoms in total. The average molecular weight is 490 g/mol. The highest BCUT2D eigenvalue weighted by Crippen LogP contribution is 2.58. The summed E-state index contributed by atoms with van der Waals surface area (Å²) in [5, 5.41) is 0. The molecule has 7 heteroatoms. The van der Waals surface area contributed by atoms with E-state index in [-0.39, 0.29) is 54.4 Å². The smallest absolute Gasteiger partial charge is 0.312 e. The number of Topliss-reactive ketones (excluding diaryl/α,β-unsaturated/α-hetero) is 1. The van der Waals surface area contributed by atoms with Gasteiger partial charge in [0, 0.05) is 13.0 Å². The third-order valence-corrected chi connectivity index (χ3v) is 9.18. The number of hydrogen-bond donors (Lipinski definition) is 0. The van der Waals surface area contributed by atoms with Crippen molar-refractivity contribution in [2.24, 2.45) is 40.4 Å². The van der Waals surface area contributed by atoms with E-state index < -0.39 is 22.8 Å². The first-order valence-electron chi connectivity index (χ1n) is 13.5. The van der Waals surface area contributed by atoms with Crippen LogP contribution in [0.3, 0.4) is 0 Å². The van der Waals surface area contributed by atoms with E-state index in [2.05, 4.69) is 0 Å². The van der Waals surface area contributed by atoms with Crippen LogP contribution >= 0.6 is 0 Å². The van der Waals surface area contributed by atoms with Gasteiger partial charge in [0.1, 0.15) is 6.10 Å². The Balaban J connectivity index is 1.44. The molecule has 3 saturated carbocycles. The van der Waals surface area contributed by atoms with Crippen molar-refractivity contribution in [2.75, 3.05) is 13.7 Å². The van der Waals surface area contributed by atoms with Crippen LogP contribution in [-0.4, -0.2) is 54.3 Å². The normalized spacial score (nSPS) is 36.3. The molecule has 1 unspecified atom stereocenters. The summed E-state index contributed by atoms with van der Waals surface area (Å²) >= 11 is 0. The molecule has 8 atom stereocenters. The SMILES string of the molecule is CC[C@@H]1C[C@]1(CC(=O)[C@@H]1C[C@H](C)CN1C(=O)[C@@H](CC(=O)OC1C[C@@H]2C[C@@H]2C1)C(C)(C)C)C(=O)OC. The second-order valence-electron chi connectivity index (χ2n) is 12.9. The van der Waals surface area contributed by atoms with Gasteiger partial charge in [0.15, 0.2) is 5.78 Å². The Morgan fingerprint density at radius 2 is 1.71 bits per heavy atom. The van der Waals surface area contributed by atoms with Crippen molar-refractivity contribution in [3.8, 4) is 0 Å². The second-order valence-corrected chi connectivity index (χ2v) is 12.9. The van der Waals surface area contributed by atoms with Gasteiger partial charge in [-0.1, -0.05) is 41.0 Å². The number of likely N-dealkylation sites (tertiary alicyclic amines) is 1. The van der Waals surface area contributed by atoms with Crippen LogP contribution in [0.15, 0.2) is 0 Å². The van der Waals surface area contributed by atoms with Gasteiger partial charge in [0.05, 0.1) is 30.9 Å². The van der Waals surface area contributed by atoms with Gasteiger partial charge in [0.25, 0.3) is 0 Å². The van der Waals surface area contributed by atoms with Crippen LogP contribution in [0, 0.1) is 40.4 Å². The molecule has 0 aromatic rings. The molecule has 0 radical (unpaired) electrons.